The van der Waals surface area contributed by atoms with Crippen molar-refractivity contribution in [3.05, 3.63) is 47.8 Å². The third-order valence-corrected chi connectivity index (χ3v) is 3.79. The van der Waals surface area contributed by atoms with Gasteiger partial charge in [-0.05, 0) is 24.3 Å². The van der Waals surface area contributed by atoms with Crippen LogP contribution < -0.4 is 5.32 Å². The third-order valence-electron chi connectivity index (χ3n) is 3.79. The molecule has 124 valence electrons. The average Bonchev–Trinajstić information content (AvgIpc) is 3.03. The maximum absolute atomic E-state index is 12.3. The van der Waals surface area contributed by atoms with Crippen LogP contribution in [-0.4, -0.2) is 38.7 Å². The lowest BCUT2D eigenvalue weighted by atomic mass is 10.0. The summed E-state index contributed by atoms with van der Waals surface area (Å²) >= 11 is 0. The minimum absolute atomic E-state index is 0.0314. The van der Waals surface area contributed by atoms with Crippen molar-refractivity contribution < 1.29 is 9.90 Å². The monoisotopic (exact) mass is 316 g/mol. The maximum Gasteiger partial charge on any atom is 0.273 e. The number of aromatic nitrogens is 3. The first-order valence-corrected chi connectivity index (χ1v) is 7.98. The van der Waals surface area contributed by atoms with Gasteiger partial charge in [-0.3, -0.25) is 4.79 Å². The molecule has 1 amide bonds. The maximum atomic E-state index is 12.3. The van der Waals surface area contributed by atoms with Crippen LogP contribution in [0, 0.1) is 5.92 Å². The van der Waals surface area contributed by atoms with Gasteiger partial charge in [-0.15, -0.1) is 5.10 Å². The summed E-state index contributed by atoms with van der Waals surface area (Å²) in [7, 11) is 0. The first-order valence-electron chi connectivity index (χ1n) is 7.98. The van der Waals surface area contributed by atoms with Crippen molar-refractivity contribution >= 4 is 5.91 Å². The molecular formula is C17H24N4O2. The van der Waals surface area contributed by atoms with Crippen molar-refractivity contribution in [2.75, 3.05) is 6.61 Å². The van der Waals surface area contributed by atoms with E-state index >= 15 is 0 Å². The number of rotatable bonds is 8. The Morgan fingerprint density at radius 2 is 2.09 bits per heavy atom. The number of amides is 1. The molecule has 6 heteroatoms. The zero-order chi connectivity index (χ0) is 16.7. The third kappa shape index (κ3) is 5.17. The highest BCUT2D eigenvalue weighted by molar-refractivity contribution is 5.92. The Morgan fingerprint density at radius 1 is 1.35 bits per heavy atom. The van der Waals surface area contributed by atoms with Gasteiger partial charge >= 0.3 is 0 Å². The van der Waals surface area contributed by atoms with E-state index in [0.29, 0.717) is 12.2 Å². The van der Waals surface area contributed by atoms with Crippen molar-refractivity contribution in [3.8, 4) is 0 Å². The van der Waals surface area contributed by atoms with Crippen molar-refractivity contribution in [2.24, 2.45) is 5.92 Å². The van der Waals surface area contributed by atoms with E-state index in [4.69, 9.17) is 5.11 Å². The summed E-state index contributed by atoms with van der Waals surface area (Å²) < 4.78 is 1.65. The van der Waals surface area contributed by atoms with E-state index in [0.717, 1.165) is 18.4 Å². The summed E-state index contributed by atoms with van der Waals surface area (Å²) in [5.74, 6) is -0.0599. The number of carbonyl (C=O) groups excluding carboxylic acids is 1. The fraction of sp³-hybridized carbons (Fsp3) is 0.471. The second-order valence-corrected chi connectivity index (χ2v) is 5.89. The molecule has 1 aromatic heterocycles. The lowest BCUT2D eigenvalue weighted by Crippen LogP contribution is -2.36. The summed E-state index contributed by atoms with van der Waals surface area (Å²) in [6.45, 7) is 4.69. The molecule has 2 rings (SSSR count). The van der Waals surface area contributed by atoms with Crippen LogP contribution in [0.4, 0.5) is 0 Å². The molecule has 0 spiro atoms. The molecular weight excluding hydrogens is 292 g/mol. The topological polar surface area (TPSA) is 80.0 Å². The molecule has 0 aliphatic rings. The van der Waals surface area contributed by atoms with Crippen LogP contribution in [-0.2, 0) is 6.54 Å². The Hall–Kier alpha value is -2.21. The Kier molecular flexibility index (Phi) is 6.29. The van der Waals surface area contributed by atoms with Gasteiger partial charge in [-0.25, -0.2) is 4.68 Å². The predicted octanol–water partition coefficient (Wildman–Crippen LogP) is 1.85. The second kappa shape index (κ2) is 8.43. The van der Waals surface area contributed by atoms with Crippen LogP contribution in [0.25, 0.3) is 0 Å². The van der Waals surface area contributed by atoms with Crippen molar-refractivity contribution in [1.82, 2.24) is 20.3 Å². The van der Waals surface area contributed by atoms with Crippen molar-refractivity contribution in [2.45, 2.75) is 39.3 Å². The Balaban J connectivity index is 1.95. The smallest absolute Gasteiger partial charge is 0.273 e. The first kappa shape index (κ1) is 17.1. The second-order valence-electron chi connectivity index (χ2n) is 5.89. The Morgan fingerprint density at radius 3 is 2.74 bits per heavy atom. The summed E-state index contributed by atoms with van der Waals surface area (Å²) in [6.07, 6.45) is 3.22. The Labute approximate surface area is 136 Å². The van der Waals surface area contributed by atoms with Crippen LogP contribution in [0.3, 0.4) is 0 Å². The Bertz CT molecular complexity index is 612. The van der Waals surface area contributed by atoms with Gasteiger partial charge in [-0.2, -0.15) is 0 Å². The molecule has 1 aromatic carbocycles. The van der Waals surface area contributed by atoms with Crippen molar-refractivity contribution in [3.63, 3.8) is 0 Å². The lowest BCUT2D eigenvalue weighted by Gasteiger charge is -2.19. The molecule has 2 N–H and O–H groups in total. The van der Waals surface area contributed by atoms with E-state index in [-0.39, 0.29) is 24.5 Å². The number of benzene rings is 1. The molecule has 0 bridgehead atoms. The minimum Gasteiger partial charge on any atom is -0.396 e. The molecule has 1 heterocycles. The van der Waals surface area contributed by atoms with Gasteiger partial charge in [0.05, 0.1) is 12.7 Å². The number of nitrogens with one attached hydrogen (secondary N) is 1. The van der Waals surface area contributed by atoms with E-state index in [1.165, 1.54) is 0 Å². The molecule has 2 atom stereocenters. The molecule has 0 aliphatic heterocycles. The highest BCUT2D eigenvalue weighted by atomic mass is 16.3. The standard InChI is InChI=1S/C17H24N4O2/c1-3-15(9-13(2)12-22)18-17(23)16-11-21(20-19-16)10-14-7-5-4-6-8-14/h4-8,11,13,15,22H,3,9-10,12H2,1-2H3,(H,18,23). The zero-order valence-electron chi connectivity index (χ0n) is 13.6. The van der Waals surface area contributed by atoms with Crippen LogP contribution >= 0.6 is 0 Å². The zero-order valence-corrected chi connectivity index (χ0v) is 13.6. The number of aliphatic hydroxyl groups is 1. The fourth-order valence-corrected chi connectivity index (χ4v) is 2.40. The highest BCUT2D eigenvalue weighted by Crippen LogP contribution is 2.09. The lowest BCUT2D eigenvalue weighted by molar-refractivity contribution is 0.0920. The van der Waals surface area contributed by atoms with Gasteiger partial charge in [-0.1, -0.05) is 49.4 Å². The van der Waals surface area contributed by atoms with Crippen LogP contribution in [0.1, 0.15) is 42.7 Å². The molecule has 2 unspecified atom stereocenters. The predicted molar refractivity (Wildman–Crippen MR) is 88.0 cm³/mol. The van der Waals surface area contributed by atoms with E-state index in [9.17, 15) is 4.79 Å². The van der Waals surface area contributed by atoms with Crippen LogP contribution in [0.2, 0.25) is 0 Å². The van der Waals surface area contributed by atoms with Gasteiger partial charge < -0.3 is 10.4 Å². The normalized spacial score (nSPS) is 13.5. The molecule has 0 radical (unpaired) electrons. The van der Waals surface area contributed by atoms with E-state index in [1.807, 2.05) is 44.2 Å². The highest BCUT2D eigenvalue weighted by Gasteiger charge is 2.17. The van der Waals surface area contributed by atoms with Crippen molar-refractivity contribution in [1.29, 1.82) is 0 Å². The summed E-state index contributed by atoms with van der Waals surface area (Å²) in [4.78, 5) is 12.3. The number of hydrogen-bond donors (Lipinski definition) is 2. The van der Waals surface area contributed by atoms with Gasteiger partial charge in [0, 0.05) is 12.6 Å². The van der Waals surface area contributed by atoms with E-state index in [2.05, 4.69) is 15.6 Å². The van der Waals surface area contributed by atoms with E-state index in [1.54, 1.807) is 10.9 Å². The van der Waals surface area contributed by atoms with E-state index < -0.39 is 0 Å². The van der Waals surface area contributed by atoms with Crippen LogP contribution in [0.15, 0.2) is 36.5 Å². The minimum atomic E-state index is -0.221. The molecule has 23 heavy (non-hydrogen) atoms. The molecule has 0 fully saturated rings. The fourth-order valence-electron chi connectivity index (χ4n) is 2.40. The summed E-state index contributed by atoms with van der Waals surface area (Å²) in [5.41, 5.74) is 1.42. The number of carbonyl (C=O) groups is 1. The number of hydrogen-bond acceptors (Lipinski definition) is 4. The molecule has 0 aliphatic carbocycles. The number of nitrogens with zero attached hydrogens (tertiary/aromatic N) is 3. The first-order chi connectivity index (χ1) is 11.1. The SMILES string of the molecule is CCC(CC(C)CO)NC(=O)c1cn(Cc2ccccc2)nn1. The summed E-state index contributed by atoms with van der Waals surface area (Å²) in [6, 6.07) is 9.93. The quantitative estimate of drug-likeness (QED) is 0.779. The average molecular weight is 316 g/mol. The van der Waals surface area contributed by atoms with Gasteiger partial charge in [0.2, 0.25) is 0 Å². The molecule has 0 saturated heterocycles. The molecule has 2 aromatic rings. The van der Waals surface area contributed by atoms with Gasteiger partial charge in [0.25, 0.3) is 5.91 Å². The number of aliphatic hydroxyl groups excluding tert-OH is 1. The van der Waals surface area contributed by atoms with Gasteiger partial charge in [0.1, 0.15) is 0 Å². The summed E-state index contributed by atoms with van der Waals surface area (Å²) in [5, 5.41) is 20.1. The largest absolute Gasteiger partial charge is 0.396 e. The molecule has 6 nitrogen and oxygen atoms in total. The molecule has 0 saturated carbocycles. The van der Waals surface area contributed by atoms with Gasteiger partial charge in [0.15, 0.2) is 5.69 Å². The van der Waals surface area contributed by atoms with Crippen LogP contribution in [0.5, 0.6) is 0 Å².